The first-order valence-corrected chi connectivity index (χ1v) is 14.3. The third-order valence-corrected chi connectivity index (χ3v) is 8.36. The number of hydrogen-bond donors (Lipinski definition) is 0. The Labute approximate surface area is 244 Å². The zero-order chi connectivity index (χ0) is 28.1. The van der Waals surface area contributed by atoms with E-state index < -0.39 is 5.41 Å². The average molecular weight is 542 g/mol. The Kier molecular flexibility index (Phi) is 5.61. The van der Waals surface area contributed by atoms with E-state index in [4.69, 9.17) is 19.4 Å². The van der Waals surface area contributed by atoms with Crippen molar-refractivity contribution in [3.8, 4) is 33.9 Å². The Bertz CT molecular complexity index is 2070. The van der Waals surface area contributed by atoms with Crippen LogP contribution < -0.4 is 0 Å². The van der Waals surface area contributed by atoms with E-state index in [2.05, 4.69) is 79.7 Å². The molecule has 2 aromatic heterocycles. The van der Waals surface area contributed by atoms with E-state index in [1.807, 2.05) is 60.7 Å². The van der Waals surface area contributed by atoms with E-state index in [1.54, 1.807) is 0 Å². The van der Waals surface area contributed by atoms with Gasteiger partial charge in [0.2, 0.25) is 0 Å². The van der Waals surface area contributed by atoms with Gasteiger partial charge in [-0.05, 0) is 47.4 Å². The number of rotatable bonds is 4. The maximum atomic E-state index is 6.55. The molecule has 1 aliphatic carbocycles. The highest BCUT2D eigenvalue weighted by molar-refractivity contribution is 6.07. The van der Waals surface area contributed by atoms with E-state index in [-0.39, 0.29) is 0 Å². The van der Waals surface area contributed by atoms with Gasteiger partial charge in [-0.1, -0.05) is 121 Å². The van der Waals surface area contributed by atoms with Crippen molar-refractivity contribution < 1.29 is 4.42 Å². The number of fused-ring (bicyclic) bond motifs is 4. The van der Waals surface area contributed by atoms with Gasteiger partial charge in [-0.25, -0.2) is 15.0 Å². The van der Waals surface area contributed by atoms with Crippen molar-refractivity contribution in [3.63, 3.8) is 0 Å². The van der Waals surface area contributed by atoms with Gasteiger partial charge in [0.25, 0.3) is 0 Å². The van der Waals surface area contributed by atoms with E-state index >= 15 is 0 Å². The minimum atomic E-state index is -0.550. The molecule has 42 heavy (non-hydrogen) atoms. The van der Waals surface area contributed by atoms with Crippen LogP contribution in [-0.4, -0.2) is 15.0 Å². The summed E-state index contributed by atoms with van der Waals surface area (Å²) in [6, 6.07) is 41.7. The van der Waals surface area contributed by atoms with Crippen LogP contribution in [0.1, 0.15) is 30.5 Å². The molecule has 1 unspecified atom stereocenters. The molecule has 0 saturated heterocycles. The molecule has 8 rings (SSSR count). The SMILES string of the molecule is CC1(c2nc(-c3ccccc3)nc(-c3ccccc3)n2)CC=Cc2oc3cccc(-c4cccc5ccccc45)c3c21. The molecular formula is C38H27N3O. The fraction of sp³-hybridized carbons (Fsp3) is 0.0789. The molecule has 0 spiro atoms. The predicted molar refractivity (Wildman–Crippen MR) is 170 cm³/mol. The van der Waals surface area contributed by atoms with E-state index in [9.17, 15) is 0 Å². The van der Waals surface area contributed by atoms with Gasteiger partial charge in [0.15, 0.2) is 11.6 Å². The normalized spacial score (nSPS) is 16.1. The zero-order valence-corrected chi connectivity index (χ0v) is 23.2. The summed E-state index contributed by atoms with van der Waals surface area (Å²) < 4.78 is 6.55. The average Bonchev–Trinajstić information content (AvgIpc) is 3.46. The monoisotopic (exact) mass is 541 g/mol. The smallest absolute Gasteiger partial charge is 0.163 e. The molecule has 1 atom stereocenters. The molecule has 5 aromatic carbocycles. The molecule has 0 N–H and O–H groups in total. The Morgan fingerprint density at radius 2 is 1.24 bits per heavy atom. The fourth-order valence-electron chi connectivity index (χ4n) is 6.28. The van der Waals surface area contributed by atoms with Gasteiger partial charge in [-0.15, -0.1) is 0 Å². The van der Waals surface area contributed by atoms with E-state index in [0.717, 1.165) is 51.2 Å². The van der Waals surface area contributed by atoms with Crippen molar-refractivity contribution in [2.75, 3.05) is 0 Å². The van der Waals surface area contributed by atoms with Crippen LogP contribution in [0.3, 0.4) is 0 Å². The zero-order valence-electron chi connectivity index (χ0n) is 23.2. The molecule has 200 valence electrons. The number of furan rings is 1. The molecule has 7 aromatic rings. The second-order valence-electron chi connectivity index (χ2n) is 11.0. The van der Waals surface area contributed by atoms with E-state index in [1.165, 1.54) is 16.3 Å². The summed E-state index contributed by atoms with van der Waals surface area (Å²) >= 11 is 0. The van der Waals surface area contributed by atoms with Gasteiger partial charge in [-0.2, -0.15) is 0 Å². The molecule has 1 aliphatic rings. The number of hydrogen-bond acceptors (Lipinski definition) is 4. The van der Waals surface area contributed by atoms with Crippen LogP contribution >= 0.6 is 0 Å². The summed E-state index contributed by atoms with van der Waals surface area (Å²) in [6.45, 7) is 2.24. The summed E-state index contributed by atoms with van der Waals surface area (Å²) in [5.74, 6) is 2.92. The van der Waals surface area contributed by atoms with Crippen molar-refractivity contribution in [3.05, 3.63) is 145 Å². The van der Waals surface area contributed by atoms with Crippen LogP contribution in [0, 0.1) is 0 Å². The van der Waals surface area contributed by atoms with Crippen LogP contribution in [0.25, 0.3) is 61.7 Å². The summed E-state index contributed by atoms with van der Waals surface area (Å²) in [6.07, 6.45) is 5.02. The quantitative estimate of drug-likeness (QED) is 0.223. The highest BCUT2D eigenvalue weighted by Gasteiger charge is 2.40. The van der Waals surface area contributed by atoms with Crippen molar-refractivity contribution >= 4 is 27.8 Å². The summed E-state index contributed by atoms with van der Waals surface area (Å²) in [5, 5.41) is 3.54. The van der Waals surface area contributed by atoms with Gasteiger partial charge in [0, 0.05) is 22.1 Å². The Morgan fingerprint density at radius 1 is 0.619 bits per heavy atom. The van der Waals surface area contributed by atoms with Crippen LogP contribution in [-0.2, 0) is 5.41 Å². The highest BCUT2D eigenvalue weighted by atomic mass is 16.3. The van der Waals surface area contributed by atoms with Crippen molar-refractivity contribution in [2.45, 2.75) is 18.8 Å². The molecule has 4 heteroatoms. The maximum absolute atomic E-state index is 6.55. The summed E-state index contributed by atoms with van der Waals surface area (Å²) in [7, 11) is 0. The second kappa shape index (κ2) is 9.64. The first-order valence-electron chi connectivity index (χ1n) is 14.3. The van der Waals surface area contributed by atoms with E-state index in [0.29, 0.717) is 11.6 Å². The summed E-state index contributed by atoms with van der Waals surface area (Å²) in [5.41, 5.74) is 5.69. The van der Waals surface area contributed by atoms with Crippen molar-refractivity contribution in [1.29, 1.82) is 0 Å². The molecule has 0 radical (unpaired) electrons. The fourth-order valence-corrected chi connectivity index (χ4v) is 6.28. The largest absolute Gasteiger partial charge is 0.456 e. The third kappa shape index (κ3) is 3.87. The van der Waals surface area contributed by atoms with Gasteiger partial charge in [0.05, 0.1) is 5.41 Å². The van der Waals surface area contributed by atoms with Gasteiger partial charge >= 0.3 is 0 Å². The van der Waals surface area contributed by atoms with Gasteiger partial charge < -0.3 is 4.42 Å². The number of aromatic nitrogens is 3. The van der Waals surface area contributed by atoms with Crippen LogP contribution in [0.5, 0.6) is 0 Å². The van der Waals surface area contributed by atoms with Crippen molar-refractivity contribution in [1.82, 2.24) is 15.0 Å². The molecule has 2 heterocycles. The topological polar surface area (TPSA) is 51.8 Å². The molecule has 0 bridgehead atoms. The standard InChI is InChI=1S/C38H27N3O/c1-38(37-40-35(26-14-4-2-5-15-26)39-36(41-37)27-16-6-3-7-17-27)24-12-23-32-34(38)33-30(21-11-22-31(33)42-32)29-20-10-18-25-13-8-9-19-28(25)29/h2-23H,24H2,1H3. The Morgan fingerprint density at radius 3 is 1.98 bits per heavy atom. The van der Waals surface area contributed by atoms with Crippen LogP contribution in [0.15, 0.2) is 132 Å². The predicted octanol–water partition coefficient (Wildman–Crippen LogP) is 9.49. The lowest BCUT2D eigenvalue weighted by Crippen LogP contribution is -2.29. The second-order valence-corrected chi connectivity index (χ2v) is 11.0. The first kappa shape index (κ1) is 24.4. The molecule has 0 saturated carbocycles. The van der Waals surface area contributed by atoms with Gasteiger partial charge in [0.1, 0.15) is 17.2 Å². The lowest BCUT2D eigenvalue weighted by molar-refractivity contribution is 0.509. The highest BCUT2D eigenvalue weighted by Crippen LogP contribution is 2.48. The minimum Gasteiger partial charge on any atom is -0.456 e. The summed E-state index contributed by atoms with van der Waals surface area (Å²) in [4.78, 5) is 15.3. The number of benzene rings is 5. The lowest BCUT2D eigenvalue weighted by Gasteiger charge is -2.30. The molecule has 4 nitrogen and oxygen atoms in total. The lowest BCUT2D eigenvalue weighted by atomic mass is 9.73. The molecule has 0 aliphatic heterocycles. The molecule has 0 amide bonds. The number of nitrogens with zero attached hydrogens (tertiary/aromatic N) is 3. The van der Waals surface area contributed by atoms with Gasteiger partial charge in [-0.3, -0.25) is 0 Å². The first-order chi connectivity index (χ1) is 20.7. The molecule has 0 fully saturated rings. The van der Waals surface area contributed by atoms with Crippen molar-refractivity contribution in [2.24, 2.45) is 0 Å². The maximum Gasteiger partial charge on any atom is 0.163 e. The Hall–Kier alpha value is -5.35. The third-order valence-electron chi connectivity index (χ3n) is 8.36. The number of allylic oxidation sites excluding steroid dienone is 1. The van der Waals surface area contributed by atoms with Crippen LogP contribution in [0.4, 0.5) is 0 Å². The minimum absolute atomic E-state index is 0.550. The Balaban J connectivity index is 1.41. The van der Waals surface area contributed by atoms with Crippen LogP contribution in [0.2, 0.25) is 0 Å². The molecular weight excluding hydrogens is 514 g/mol.